The lowest BCUT2D eigenvalue weighted by Gasteiger charge is -2.38. The van der Waals surface area contributed by atoms with Gasteiger partial charge in [-0.1, -0.05) is 0 Å². The highest BCUT2D eigenvalue weighted by atomic mass is 19.4. The van der Waals surface area contributed by atoms with E-state index in [2.05, 4.69) is 5.32 Å². The number of carboxylic acid groups (broad SMARTS) is 1. The van der Waals surface area contributed by atoms with Crippen molar-refractivity contribution in [2.75, 3.05) is 19.6 Å². The summed E-state index contributed by atoms with van der Waals surface area (Å²) in [6.45, 7) is 0.983. The van der Waals surface area contributed by atoms with E-state index in [0.29, 0.717) is 13.1 Å². The molecule has 0 atom stereocenters. The highest BCUT2D eigenvalue weighted by Gasteiger charge is 2.31. The number of rotatable bonds is 6. The molecule has 0 aromatic rings. The van der Waals surface area contributed by atoms with E-state index in [0.717, 1.165) is 0 Å². The monoisotopic (exact) mass is 282 g/mol. The van der Waals surface area contributed by atoms with Gasteiger partial charge in [-0.05, 0) is 12.8 Å². The van der Waals surface area contributed by atoms with E-state index in [9.17, 15) is 22.8 Å². The van der Waals surface area contributed by atoms with E-state index >= 15 is 0 Å². The molecule has 1 rings (SSSR count). The standard InChI is InChI=1S/C11H17F3N2O3/c12-11(13,14)3-1-2-4-15-10(19)16-6-8(7-16)5-9(17)18/h8H,1-7H2,(H,15,19)(H,17,18). The maximum atomic E-state index is 11.8. The number of carbonyl (C=O) groups is 2. The second-order valence-electron chi connectivity index (χ2n) is 4.67. The van der Waals surface area contributed by atoms with Crippen LogP contribution in [0.1, 0.15) is 25.7 Å². The number of hydrogen-bond acceptors (Lipinski definition) is 2. The third-order valence-electron chi connectivity index (χ3n) is 2.87. The lowest BCUT2D eigenvalue weighted by Crippen LogP contribution is -2.54. The lowest BCUT2D eigenvalue weighted by atomic mass is 9.97. The molecule has 110 valence electrons. The number of carboxylic acids is 1. The summed E-state index contributed by atoms with van der Waals surface area (Å²) in [5, 5.41) is 11.0. The molecule has 2 amide bonds. The number of nitrogens with one attached hydrogen (secondary N) is 1. The van der Waals surface area contributed by atoms with Crippen molar-refractivity contribution < 1.29 is 27.9 Å². The van der Waals surface area contributed by atoms with Crippen molar-refractivity contribution in [2.24, 2.45) is 5.92 Å². The summed E-state index contributed by atoms with van der Waals surface area (Å²) in [7, 11) is 0. The third-order valence-corrected chi connectivity index (χ3v) is 2.87. The van der Waals surface area contributed by atoms with E-state index in [1.165, 1.54) is 4.90 Å². The molecule has 19 heavy (non-hydrogen) atoms. The van der Waals surface area contributed by atoms with Crippen molar-refractivity contribution in [3.63, 3.8) is 0 Å². The average Bonchev–Trinajstić information content (AvgIpc) is 2.20. The summed E-state index contributed by atoms with van der Waals surface area (Å²) in [5.41, 5.74) is 0. The number of likely N-dealkylation sites (tertiary alicyclic amines) is 1. The molecular formula is C11H17F3N2O3. The number of carbonyl (C=O) groups excluding carboxylic acids is 1. The van der Waals surface area contributed by atoms with Crippen LogP contribution in [0, 0.1) is 5.92 Å². The number of unbranched alkanes of at least 4 members (excludes halogenated alkanes) is 1. The van der Waals surface area contributed by atoms with Gasteiger partial charge in [0.05, 0.1) is 6.42 Å². The first-order chi connectivity index (χ1) is 8.78. The van der Waals surface area contributed by atoms with Gasteiger partial charge in [-0.15, -0.1) is 0 Å². The van der Waals surface area contributed by atoms with Gasteiger partial charge in [0.1, 0.15) is 0 Å². The fourth-order valence-corrected chi connectivity index (χ4v) is 1.87. The Morgan fingerprint density at radius 1 is 1.26 bits per heavy atom. The Hall–Kier alpha value is -1.47. The Labute approximate surface area is 108 Å². The molecule has 0 saturated carbocycles. The second-order valence-corrected chi connectivity index (χ2v) is 4.67. The van der Waals surface area contributed by atoms with Crippen molar-refractivity contribution >= 4 is 12.0 Å². The summed E-state index contributed by atoms with van der Waals surface area (Å²) in [4.78, 5) is 23.3. The zero-order valence-electron chi connectivity index (χ0n) is 10.4. The molecule has 8 heteroatoms. The largest absolute Gasteiger partial charge is 0.481 e. The van der Waals surface area contributed by atoms with Gasteiger partial charge in [0, 0.05) is 32.0 Å². The SMILES string of the molecule is O=C(O)CC1CN(C(=O)NCCCCC(F)(F)F)C1. The molecular weight excluding hydrogens is 265 g/mol. The Bertz CT molecular complexity index is 328. The zero-order valence-corrected chi connectivity index (χ0v) is 10.4. The van der Waals surface area contributed by atoms with Crippen LogP contribution in [-0.2, 0) is 4.79 Å². The number of urea groups is 1. The highest BCUT2D eigenvalue weighted by molar-refractivity contribution is 5.75. The maximum Gasteiger partial charge on any atom is 0.389 e. The first-order valence-corrected chi connectivity index (χ1v) is 6.09. The molecule has 0 aromatic heterocycles. The molecule has 5 nitrogen and oxygen atoms in total. The summed E-state index contributed by atoms with van der Waals surface area (Å²) >= 11 is 0. The molecule has 0 unspecified atom stereocenters. The van der Waals surface area contributed by atoms with Crippen LogP contribution in [0.3, 0.4) is 0 Å². The van der Waals surface area contributed by atoms with Crippen molar-refractivity contribution in [3.05, 3.63) is 0 Å². The fourth-order valence-electron chi connectivity index (χ4n) is 1.87. The van der Waals surface area contributed by atoms with Gasteiger partial charge >= 0.3 is 18.2 Å². The number of nitrogens with zero attached hydrogens (tertiary/aromatic N) is 1. The van der Waals surface area contributed by atoms with E-state index in [1.807, 2.05) is 0 Å². The Morgan fingerprint density at radius 2 is 1.89 bits per heavy atom. The van der Waals surface area contributed by atoms with Gasteiger partial charge in [-0.25, -0.2) is 4.79 Å². The number of halogens is 3. The fraction of sp³-hybridized carbons (Fsp3) is 0.818. The van der Waals surface area contributed by atoms with E-state index in [4.69, 9.17) is 5.11 Å². The zero-order chi connectivity index (χ0) is 14.5. The van der Waals surface area contributed by atoms with Crippen LogP contribution in [0.25, 0.3) is 0 Å². The van der Waals surface area contributed by atoms with Gasteiger partial charge < -0.3 is 15.3 Å². The minimum atomic E-state index is -4.15. The minimum Gasteiger partial charge on any atom is -0.481 e. The Morgan fingerprint density at radius 3 is 2.42 bits per heavy atom. The summed E-state index contributed by atoms with van der Waals surface area (Å²) < 4.78 is 35.5. The van der Waals surface area contributed by atoms with E-state index < -0.39 is 18.6 Å². The van der Waals surface area contributed by atoms with Crippen molar-refractivity contribution in [1.82, 2.24) is 10.2 Å². The first-order valence-electron chi connectivity index (χ1n) is 6.09. The van der Waals surface area contributed by atoms with Crippen molar-refractivity contribution in [1.29, 1.82) is 0 Å². The lowest BCUT2D eigenvalue weighted by molar-refractivity contribution is -0.139. The summed E-state index contributed by atoms with van der Waals surface area (Å²) in [6, 6.07) is -0.339. The maximum absolute atomic E-state index is 11.8. The topological polar surface area (TPSA) is 69.6 Å². The molecule has 1 fully saturated rings. The van der Waals surface area contributed by atoms with Gasteiger partial charge in [0.25, 0.3) is 0 Å². The predicted octanol–water partition coefficient (Wildman–Crippen LogP) is 1.84. The van der Waals surface area contributed by atoms with Crippen molar-refractivity contribution in [3.8, 4) is 0 Å². The molecule has 0 bridgehead atoms. The van der Waals surface area contributed by atoms with Crippen LogP contribution in [0.4, 0.5) is 18.0 Å². The Balaban J connectivity index is 2.02. The van der Waals surface area contributed by atoms with Crippen LogP contribution in [-0.4, -0.2) is 47.8 Å². The number of amides is 2. The van der Waals surface area contributed by atoms with Crippen LogP contribution in [0.2, 0.25) is 0 Å². The first kappa shape index (κ1) is 15.6. The molecule has 2 N–H and O–H groups in total. The van der Waals surface area contributed by atoms with Crippen LogP contribution < -0.4 is 5.32 Å². The number of hydrogen-bond donors (Lipinski definition) is 2. The Kier molecular flexibility index (Phi) is 5.44. The molecule has 0 aliphatic carbocycles. The van der Waals surface area contributed by atoms with Gasteiger partial charge in [0.15, 0.2) is 0 Å². The molecule has 1 aliphatic rings. The molecule has 1 saturated heterocycles. The second kappa shape index (κ2) is 6.63. The van der Waals surface area contributed by atoms with E-state index in [1.54, 1.807) is 0 Å². The number of aliphatic carboxylic acids is 1. The van der Waals surface area contributed by atoms with Crippen molar-refractivity contribution in [2.45, 2.75) is 31.9 Å². The van der Waals surface area contributed by atoms with Crippen LogP contribution >= 0.6 is 0 Å². The smallest absolute Gasteiger partial charge is 0.389 e. The third kappa shape index (κ3) is 6.30. The van der Waals surface area contributed by atoms with Crippen LogP contribution in [0.5, 0.6) is 0 Å². The molecule has 0 spiro atoms. The normalized spacial score (nSPS) is 16.1. The number of alkyl halides is 3. The molecule has 1 heterocycles. The van der Waals surface area contributed by atoms with Gasteiger partial charge in [0.2, 0.25) is 0 Å². The van der Waals surface area contributed by atoms with E-state index in [-0.39, 0.29) is 37.8 Å². The molecule has 0 aromatic carbocycles. The summed E-state index contributed by atoms with van der Waals surface area (Å²) in [6.07, 6.45) is -4.68. The van der Waals surface area contributed by atoms with Gasteiger partial charge in [-0.3, -0.25) is 4.79 Å². The molecule has 1 aliphatic heterocycles. The predicted molar refractivity (Wildman–Crippen MR) is 60.6 cm³/mol. The summed E-state index contributed by atoms with van der Waals surface area (Å²) in [5.74, 6) is -0.911. The quantitative estimate of drug-likeness (QED) is 0.730. The average molecular weight is 282 g/mol. The van der Waals surface area contributed by atoms with Crippen LogP contribution in [0.15, 0.2) is 0 Å². The highest BCUT2D eigenvalue weighted by Crippen LogP contribution is 2.22. The molecule has 0 radical (unpaired) electrons. The van der Waals surface area contributed by atoms with Gasteiger partial charge in [-0.2, -0.15) is 13.2 Å². The minimum absolute atomic E-state index is 0.00851.